The zero-order valence-electron chi connectivity index (χ0n) is 12.5. The number of nitrogens with zero attached hydrogens (tertiary/aromatic N) is 1. The van der Waals surface area contributed by atoms with E-state index in [1.165, 1.54) is 5.56 Å². The van der Waals surface area contributed by atoms with Gasteiger partial charge in [-0.15, -0.1) is 0 Å². The molecule has 0 saturated carbocycles. The fraction of sp³-hybridized carbons (Fsp3) is 0.353. The molecule has 3 nitrogen and oxygen atoms in total. The maximum Gasteiger partial charge on any atom is 0.128 e. The SMILES string of the molecule is CCC(C)(C)c1cccc(-c2ccnc(N)c2CN)c1. The summed E-state index contributed by atoms with van der Waals surface area (Å²) in [4.78, 5) is 4.12. The number of anilines is 1. The molecular weight excluding hydrogens is 246 g/mol. The van der Waals surface area contributed by atoms with Gasteiger partial charge in [-0.25, -0.2) is 4.98 Å². The maximum absolute atomic E-state index is 5.93. The largest absolute Gasteiger partial charge is 0.383 e. The summed E-state index contributed by atoms with van der Waals surface area (Å²) in [7, 11) is 0. The summed E-state index contributed by atoms with van der Waals surface area (Å²) in [5.41, 5.74) is 16.4. The number of hydrogen-bond acceptors (Lipinski definition) is 3. The van der Waals surface area contributed by atoms with Gasteiger partial charge in [-0.2, -0.15) is 0 Å². The Balaban J connectivity index is 2.55. The molecule has 4 N–H and O–H groups in total. The second-order valence-electron chi connectivity index (χ2n) is 5.74. The van der Waals surface area contributed by atoms with Crippen molar-refractivity contribution in [3.8, 4) is 11.1 Å². The highest BCUT2D eigenvalue weighted by atomic mass is 14.8. The average Bonchev–Trinajstić information content (AvgIpc) is 2.47. The highest BCUT2D eigenvalue weighted by Crippen LogP contribution is 2.32. The third-order valence-corrected chi connectivity index (χ3v) is 4.13. The van der Waals surface area contributed by atoms with Crippen molar-refractivity contribution in [2.75, 3.05) is 5.73 Å². The number of nitrogens with two attached hydrogens (primary N) is 2. The van der Waals surface area contributed by atoms with Gasteiger partial charge < -0.3 is 11.5 Å². The summed E-state index contributed by atoms with van der Waals surface area (Å²) in [5, 5.41) is 0. The Morgan fingerprint density at radius 2 is 1.95 bits per heavy atom. The van der Waals surface area contributed by atoms with Gasteiger partial charge in [0.25, 0.3) is 0 Å². The molecule has 2 rings (SSSR count). The fourth-order valence-corrected chi connectivity index (χ4v) is 2.31. The van der Waals surface area contributed by atoms with E-state index in [4.69, 9.17) is 11.5 Å². The third-order valence-electron chi connectivity index (χ3n) is 4.13. The highest BCUT2D eigenvalue weighted by molar-refractivity contribution is 5.71. The van der Waals surface area contributed by atoms with Crippen LogP contribution in [-0.4, -0.2) is 4.98 Å². The van der Waals surface area contributed by atoms with Gasteiger partial charge in [0.1, 0.15) is 5.82 Å². The first-order chi connectivity index (χ1) is 9.49. The Morgan fingerprint density at radius 1 is 1.20 bits per heavy atom. The summed E-state index contributed by atoms with van der Waals surface area (Å²) in [6.45, 7) is 7.13. The van der Waals surface area contributed by atoms with Gasteiger partial charge in [0, 0.05) is 18.3 Å². The topological polar surface area (TPSA) is 64.9 Å². The molecule has 0 amide bonds. The Bertz CT molecular complexity index is 603. The first-order valence-electron chi connectivity index (χ1n) is 7.04. The van der Waals surface area contributed by atoms with Gasteiger partial charge >= 0.3 is 0 Å². The fourth-order valence-electron chi connectivity index (χ4n) is 2.31. The van der Waals surface area contributed by atoms with Crippen LogP contribution in [0, 0.1) is 0 Å². The lowest BCUT2D eigenvalue weighted by molar-refractivity contribution is 0.506. The van der Waals surface area contributed by atoms with Crippen LogP contribution in [0.1, 0.15) is 38.3 Å². The Hall–Kier alpha value is -1.87. The van der Waals surface area contributed by atoms with Crippen molar-refractivity contribution < 1.29 is 0 Å². The van der Waals surface area contributed by atoms with Crippen LogP contribution in [0.2, 0.25) is 0 Å². The van der Waals surface area contributed by atoms with Crippen molar-refractivity contribution in [3.63, 3.8) is 0 Å². The van der Waals surface area contributed by atoms with E-state index in [0.717, 1.165) is 23.1 Å². The molecule has 1 aromatic carbocycles. The van der Waals surface area contributed by atoms with Gasteiger partial charge in [-0.05, 0) is 34.6 Å². The van der Waals surface area contributed by atoms with Gasteiger partial charge in [-0.3, -0.25) is 0 Å². The summed E-state index contributed by atoms with van der Waals surface area (Å²) in [6, 6.07) is 10.6. The molecule has 3 heteroatoms. The molecule has 0 spiro atoms. The van der Waals surface area contributed by atoms with Crippen molar-refractivity contribution >= 4 is 5.82 Å². The molecule has 106 valence electrons. The van der Waals surface area contributed by atoms with Gasteiger partial charge in [0.05, 0.1) is 0 Å². The van der Waals surface area contributed by atoms with Crippen LogP contribution in [-0.2, 0) is 12.0 Å². The molecule has 0 radical (unpaired) electrons. The monoisotopic (exact) mass is 269 g/mol. The molecule has 0 aliphatic heterocycles. The summed E-state index contributed by atoms with van der Waals surface area (Å²) in [6.07, 6.45) is 2.83. The van der Waals surface area contributed by atoms with Crippen molar-refractivity contribution in [2.45, 2.75) is 39.2 Å². The number of pyridine rings is 1. The van der Waals surface area contributed by atoms with E-state index >= 15 is 0 Å². The lowest BCUT2D eigenvalue weighted by Crippen LogP contribution is -2.15. The van der Waals surface area contributed by atoms with Gasteiger partial charge in [0.15, 0.2) is 0 Å². The van der Waals surface area contributed by atoms with E-state index in [2.05, 4.69) is 50.0 Å². The molecule has 0 fully saturated rings. The molecule has 0 bridgehead atoms. The smallest absolute Gasteiger partial charge is 0.128 e. The van der Waals surface area contributed by atoms with Crippen LogP contribution < -0.4 is 11.5 Å². The second kappa shape index (κ2) is 5.63. The van der Waals surface area contributed by atoms with E-state index in [-0.39, 0.29) is 5.41 Å². The molecular formula is C17H23N3. The zero-order chi connectivity index (χ0) is 14.8. The normalized spacial score (nSPS) is 11.6. The lowest BCUT2D eigenvalue weighted by Gasteiger charge is -2.24. The molecule has 0 aliphatic carbocycles. The van der Waals surface area contributed by atoms with Crippen LogP contribution in [0.25, 0.3) is 11.1 Å². The first kappa shape index (κ1) is 14.5. The Kier molecular flexibility index (Phi) is 4.09. The summed E-state index contributed by atoms with van der Waals surface area (Å²) < 4.78 is 0. The van der Waals surface area contributed by atoms with Gasteiger partial charge in [-0.1, -0.05) is 45.0 Å². The summed E-state index contributed by atoms with van der Waals surface area (Å²) >= 11 is 0. The molecule has 1 heterocycles. The third kappa shape index (κ3) is 2.68. The number of benzene rings is 1. The minimum absolute atomic E-state index is 0.164. The van der Waals surface area contributed by atoms with E-state index in [1.54, 1.807) is 6.20 Å². The van der Waals surface area contributed by atoms with Crippen LogP contribution in [0.4, 0.5) is 5.82 Å². The minimum atomic E-state index is 0.164. The van der Waals surface area contributed by atoms with Gasteiger partial charge in [0.2, 0.25) is 0 Å². The van der Waals surface area contributed by atoms with Crippen LogP contribution in [0.5, 0.6) is 0 Å². The molecule has 2 aromatic rings. The second-order valence-corrected chi connectivity index (χ2v) is 5.74. The molecule has 0 saturated heterocycles. The zero-order valence-corrected chi connectivity index (χ0v) is 12.5. The van der Waals surface area contributed by atoms with Crippen LogP contribution in [0.3, 0.4) is 0 Å². The van der Waals surface area contributed by atoms with Crippen molar-refractivity contribution in [2.24, 2.45) is 5.73 Å². The van der Waals surface area contributed by atoms with E-state index in [0.29, 0.717) is 12.4 Å². The Morgan fingerprint density at radius 3 is 2.60 bits per heavy atom. The predicted molar refractivity (Wildman–Crippen MR) is 85.3 cm³/mol. The van der Waals surface area contributed by atoms with E-state index in [9.17, 15) is 0 Å². The minimum Gasteiger partial charge on any atom is -0.383 e. The number of aromatic nitrogens is 1. The summed E-state index contributed by atoms with van der Waals surface area (Å²) in [5.74, 6) is 0.519. The molecule has 0 atom stereocenters. The van der Waals surface area contributed by atoms with Crippen molar-refractivity contribution in [1.29, 1.82) is 0 Å². The average molecular weight is 269 g/mol. The van der Waals surface area contributed by atoms with E-state index in [1.807, 2.05) is 6.07 Å². The van der Waals surface area contributed by atoms with Crippen molar-refractivity contribution in [1.82, 2.24) is 4.98 Å². The predicted octanol–water partition coefficient (Wildman–Crippen LogP) is 3.48. The number of rotatable bonds is 4. The highest BCUT2D eigenvalue weighted by Gasteiger charge is 2.18. The first-order valence-corrected chi connectivity index (χ1v) is 7.04. The van der Waals surface area contributed by atoms with Crippen LogP contribution >= 0.6 is 0 Å². The standard InChI is InChI=1S/C17H23N3/c1-4-17(2,3)13-7-5-6-12(10-13)14-8-9-20-16(19)15(14)11-18/h5-10H,4,11,18H2,1-3H3,(H2,19,20). The lowest BCUT2D eigenvalue weighted by atomic mass is 9.81. The number of hydrogen-bond donors (Lipinski definition) is 2. The Labute approximate surface area is 121 Å². The molecule has 0 unspecified atom stereocenters. The number of nitrogen functional groups attached to an aromatic ring is 1. The maximum atomic E-state index is 5.93. The van der Waals surface area contributed by atoms with Crippen molar-refractivity contribution in [3.05, 3.63) is 47.7 Å². The molecule has 0 aliphatic rings. The van der Waals surface area contributed by atoms with E-state index < -0.39 is 0 Å². The molecule has 20 heavy (non-hydrogen) atoms. The molecule has 1 aromatic heterocycles. The van der Waals surface area contributed by atoms with Crippen LogP contribution in [0.15, 0.2) is 36.5 Å². The quantitative estimate of drug-likeness (QED) is 0.893.